The number of benzene rings is 1. The molecule has 1 aliphatic carbocycles. The van der Waals surface area contributed by atoms with E-state index in [0.29, 0.717) is 0 Å². The summed E-state index contributed by atoms with van der Waals surface area (Å²) in [7, 11) is 0. The molecule has 1 unspecified atom stereocenters. The first kappa shape index (κ1) is 10.6. The van der Waals surface area contributed by atoms with E-state index in [1.54, 1.807) is 12.1 Å². The van der Waals surface area contributed by atoms with Gasteiger partial charge in [-0.1, -0.05) is 6.07 Å². The van der Waals surface area contributed by atoms with Gasteiger partial charge in [-0.3, -0.25) is 0 Å². The van der Waals surface area contributed by atoms with Crippen molar-refractivity contribution in [3.63, 3.8) is 0 Å². The zero-order chi connectivity index (χ0) is 10.7. The number of aryl methyl sites for hydroxylation is 1. The molecular weight excluding hydrogens is 189 g/mol. The number of hydrogen-bond donors (Lipinski definition) is 1. The second-order valence-corrected chi connectivity index (χ2v) is 4.45. The van der Waals surface area contributed by atoms with E-state index in [1.807, 2.05) is 6.07 Å². The Morgan fingerprint density at radius 2 is 2.20 bits per heavy atom. The lowest BCUT2D eigenvalue weighted by Gasteiger charge is -2.24. The van der Waals surface area contributed by atoms with Crippen LogP contribution in [-0.2, 0) is 12.8 Å². The normalized spacial score (nSPS) is 20.0. The van der Waals surface area contributed by atoms with Crippen LogP contribution < -0.4 is 5.73 Å². The highest BCUT2D eigenvalue weighted by Crippen LogP contribution is 2.28. The van der Waals surface area contributed by atoms with E-state index >= 15 is 0 Å². The Morgan fingerprint density at radius 3 is 3.00 bits per heavy atom. The molecular formula is C13H18FN. The Kier molecular flexibility index (Phi) is 3.37. The monoisotopic (exact) mass is 207 g/mol. The summed E-state index contributed by atoms with van der Waals surface area (Å²) in [4.78, 5) is 0. The standard InChI is InChI=1S/C13H18FN/c14-13-6-5-11-8-10(2-1-7-15)3-4-12(11)9-13/h5-6,9-10H,1-4,7-8,15H2. The molecule has 0 bridgehead atoms. The highest BCUT2D eigenvalue weighted by molar-refractivity contribution is 5.30. The van der Waals surface area contributed by atoms with E-state index in [9.17, 15) is 4.39 Å². The van der Waals surface area contributed by atoms with Crippen molar-refractivity contribution in [2.75, 3.05) is 6.54 Å². The molecule has 0 spiro atoms. The molecule has 0 amide bonds. The lowest BCUT2D eigenvalue weighted by Crippen LogP contribution is -2.15. The summed E-state index contributed by atoms with van der Waals surface area (Å²) in [6.07, 6.45) is 5.66. The van der Waals surface area contributed by atoms with E-state index in [-0.39, 0.29) is 5.82 Å². The third-order valence-electron chi connectivity index (χ3n) is 3.32. The summed E-state index contributed by atoms with van der Waals surface area (Å²) in [5, 5.41) is 0. The maximum absolute atomic E-state index is 13.0. The number of rotatable bonds is 3. The molecule has 2 rings (SSSR count). The predicted molar refractivity (Wildman–Crippen MR) is 60.2 cm³/mol. The molecule has 1 aliphatic rings. The molecule has 0 fully saturated rings. The summed E-state index contributed by atoms with van der Waals surface area (Å²) in [6.45, 7) is 0.784. The summed E-state index contributed by atoms with van der Waals surface area (Å²) in [6, 6.07) is 5.21. The van der Waals surface area contributed by atoms with Crippen LogP contribution in [0.1, 0.15) is 30.4 Å². The SMILES string of the molecule is NCCCC1CCc2cc(F)ccc2C1. The zero-order valence-corrected chi connectivity index (χ0v) is 9.01. The number of halogens is 1. The van der Waals surface area contributed by atoms with Gasteiger partial charge < -0.3 is 5.73 Å². The smallest absolute Gasteiger partial charge is 0.123 e. The van der Waals surface area contributed by atoms with Crippen molar-refractivity contribution in [1.82, 2.24) is 0 Å². The van der Waals surface area contributed by atoms with Gasteiger partial charge in [-0.15, -0.1) is 0 Å². The summed E-state index contributed by atoms with van der Waals surface area (Å²) >= 11 is 0. The molecule has 15 heavy (non-hydrogen) atoms. The molecule has 0 saturated heterocycles. The highest BCUT2D eigenvalue weighted by atomic mass is 19.1. The maximum atomic E-state index is 13.0. The second kappa shape index (κ2) is 4.75. The van der Waals surface area contributed by atoms with Gasteiger partial charge in [-0.25, -0.2) is 4.39 Å². The minimum Gasteiger partial charge on any atom is -0.330 e. The van der Waals surface area contributed by atoms with Crippen LogP contribution in [0.25, 0.3) is 0 Å². The Bertz CT molecular complexity index is 335. The zero-order valence-electron chi connectivity index (χ0n) is 9.01. The van der Waals surface area contributed by atoms with E-state index in [2.05, 4.69) is 0 Å². The topological polar surface area (TPSA) is 26.0 Å². The van der Waals surface area contributed by atoms with Gasteiger partial charge in [0.1, 0.15) is 5.82 Å². The molecule has 0 radical (unpaired) electrons. The Hall–Kier alpha value is -0.890. The molecule has 1 nitrogen and oxygen atoms in total. The van der Waals surface area contributed by atoms with Crippen LogP contribution in [0.15, 0.2) is 18.2 Å². The molecule has 82 valence electrons. The van der Waals surface area contributed by atoms with Gasteiger partial charge in [-0.2, -0.15) is 0 Å². The molecule has 0 aromatic heterocycles. The number of hydrogen-bond acceptors (Lipinski definition) is 1. The largest absolute Gasteiger partial charge is 0.330 e. The fourth-order valence-corrected chi connectivity index (χ4v) is 2.45. The van der Waals surface area contributed by atoms with E-state index < -0.39 is 0 Å². The van der Waals surface area contributed by atoms with Crippen LogP contribution in [0.5, 0.6) is 0 Å². The Morgan fingerprint density at radius 1 is 1.33 bits per heavy atom. The average molecular weight is 207 g/mol. The van der Waals surface area contributed by atoms with Crippen LogP contribution in [0.2, 0.25) is 0 Å². The Balaban J connectivity index is 2.03. The minimum atomic E-state index is -0.103. The van der Waals surface area contributed by atoms with Crippen molar-refractivity contribution in [2.45, 2.75) is 32.1 Å². The molecule has 1 aromatic rings. The lowest BCUT2D eigenvalue weighted by molar-refractivity contribution is 0.416. The van der Waals surface area contributed by atoms with Crippen LogP contribution in [0.3, 0.4) is 0 Å². The summed E-state index contributed by atoms with van der Waals surface area (Å²) in [5.74, 6) is 0.653. The molecule has 0 heterocycles. The fraction of sp³-hybridized carbons (Fsp3) is 0.538. The van der Waals surface area contributed by atoms with Crippen LogP contribution in [-0.4, -0.2) is 6.54 Å². The van der Waals surface area contributed by atoms with Gasteiger partial charge in [-0.05, 0) is 67.8 Å². The first-order valence-electron chi connectivity index (χ1n) is 5.77. The van der Waals surface area contributed by atoms with Crippen molar-refractivity contribution >= 4 is 0 Å². The van der Waals surface area contributed by atoms with E-state index in [1.165, 1.54) is 24.0 Å². The number of fused-ring (bicyclic) bond motifs is 1. The minimum absolute atomic E-state index is 0.103. The van der Waals surface area contributed by atoms with Gasteiger partial charge >= 0.3 is 0 Å². The van der Waals surface area contributed by atoms with Crippen molar-refractivity contribution in [3.8, 4) is 0 Å². The van der Waals surface area contributed by atoms with Gasteiger partial charge in [0.15, 0.2) is 0 Å². The molecule has 2 N–H and O–H groups in total. The van der Waals surface area contributed by atoms with Gasteiger partial charge in [0, 0.05) is 0 Å². The molecule has 0 saturated carbocycles. The average Bonchev–Trinajstić information content (AvgIpc) is 2.26. The second-order valence-electron chi connectivity index (χ2n) is 4.45. The predicted octanol–water partition coefficient (Wildman–Crippen LogP) is 2.67. The van der Waals surface area contributed by atoms with Crippen LogP contribution >= 0.6 is 0 Å². The summed E-state index contributed by atoms with van der Waals surface area (Å²) < 4.78 is 13.0. The third kappa shape index (κ3) is 2.57. The van der Waals surface area contributed by atoms with Crippen LogP contribution in [0, 0.1) is 11.7 Å². The molecule has 1 aromatic carbocycles. The van der Waals surface area contributed by atoms with Crippen LogP contribution in [0.4, 0.5) is 4.39 Å². The summed E-state index contributed by atoms with van der Waals surface area (Å²) in [5.41, 5.74) is 8.06. The maximum Gasteiger partial charge on any atom is 0.123 e. The van der Waals surface area contributed by atoms with Crippen molar-refractivity contribution in [2.24, 2.45) is 11.7 Å². The van der Waals surface area contributed by atoms with Gasteiger partial charge in [0.05, 0.1) is 0 Å². The number of nitrogens with two attached hydrogens (primary N) is 1. The third-order valence-corrected chi connectivity index (χ3v) is 3.32. The Labute approximate surface area is 90.5 Å². The first-order chi connectivity index (χ1) is 7.29. The van der Waals surface area contributed by atoms with Gasteiger partial charge in [0.25, 0.3) is 0 Å². The quantitative estimate of drug-likeness (QED) is 0.810. The van der Waals surface area contributed by atoms with E-state index in [4.69, 9.17) is 5.73 Å². The fourth-order valence-electron chi connectivity index (χ4n) is 2.45. The van der Waals surface area contributed by atoms with Crippen molar-refractivity contribution in [1.29, 1.82) is 0 Å². The molecule has 1 atom stereocenters. The highest BCUT2D eigenvalue weighted by Gasteiger charge is 2.18. The first-order valence-corrected chi connectivity index (χ1v) is 5.77. The van der Waals surface area contributed by atoms with Crippen molar-refractivity contribution in [3.05, 3.63) is 35.1 Å². The van der Waals surface area contributed by atoms with E-state index in [0.717, 1.165) is 31.7 Å². The molecule has 0 aliphatic heterocycles. The lowest BCUT2D eigenvalue weighted by atomic mass is 9.81. The van der Waals surface area contributed by atoms with Crippen molar-refractivity contribution < 1.29 is 4.39 Å². The molecule has 2 heteroatoms. The van der Waals surface area contributed by atoms with Gasteiger partial charge in [0.2, 0.25) is 0 Å².